The predicted molar refractivity (Wildman–Crippen MR) is 79.4 cm³/mol. The van der Waals surface area contributed by atoms with Crippen LogP contribution in [0.25, 0.3) is 0 Å². The maximum Gasteiger partial charge on any atom is 0.251 e. The smallest absolute Gasteiger partial charge is 0.251 e. The zero-order chi connectivity index (χ0) is 13.4. The molecule has 2 N–H and O–H groups in total. The summed E-state index contributed by atoms with van der Waals surface area (Å²) in [6, 6.07) is 7.80. The number of amides is 1. The second kappa shape index (κ2) is 8.16. The monoisotopic (exact) mass is 266 g/mol. The Morgan fingerprint density at radius 1 is 1.39 bits per heavy atom. The molecule has 0 aliphatic rings. The molecule has 0 bridgehead atoms. The number of rotatable bonds is 7. The molecule has 1 unspecified atom stereocenters. The number of benzene rings is 1. The van der Waals surface area contributed by atoms with Crippen LogP contribution in [0.4, 0.5) is 0 Å². The van der Waals surface area contributed by atoms with Gasteiger partial charge < -0.3 is 10.6 Å². The van der Waals surface area contributed by atoms with Crippen LogP contribution in [0.5, 0.6) is 0 Å². The van der Waals surface area contributed by atoms with Gasteiger partial charge in [-0.05, 0) is 37.9 Å². The lowest BCUT2D eigenvalue weighted by Gasteiger charge is -2.12. The van der Waals surface area contributed by atoms with Gasteiger partial charge in [0, 0.05) is 17.4 Å². The van der Waals surface area contributed by atoms with Gasteiger partial charge in [0.15, 0.2) is 0 Å². The molecule has 0 radical (unpaired) electrons. The van der Waals surface area contributed by atoms with Crippen LogP contribution in [0, 0.1) is 0 Å². The number of hydrogen-bond acceptors (Lipinski definition) is 3. The zero-order valence-corrected chi connectivity index (χ0v) is 12.1. The SMILES string of the molecule is CNCCc1ccccc1C(=O)NCC(C)SC. The van der Waals surface area contributed by atoms with Crippen molar-refractivity contribution in [2.24, 2.45) is 0 Å². The van der Waals surface area contributed by atoms with Gasteiger partial charge in [-0.2, -0.15) is 11.8 Å². The van der Waals surface area contributed by atoms with Gasteiger partial charge in [-0.3, -0.25) is 4.79 Å². The molecule has 100 valence electrons. The summed E-state index contributed by atoms with van der Waals surface area (Å²) in [5.74, 6) is 0.0302. The molecule has 0 saturated carbocycles. The molecule has 0 fully saturated rings. The van der Waals surface area contributed by atoms with Crippen molar-refractivity contribution in [3.05, 3.63) is 35.4 Å². The van der Waals surface area contributed by atoms with Crippen molar-refractivity contribution in [1.82, 2.24) is 10.6 Å². The van der Waals surface area contributed by atoms with Crippen LogP contribution in [-0.2, 0) is 6.42 Å². The normalized spacial score (nSPS) is 12.2. The highest BCUT2D eigenvalue weighted by Gasteiger charge is 2.11. The summed E-state index contributed by atoms with van der Waals surface area (Å²) in [4.78, 5) is 12.1. The molecule has 4 heteroatoms. The van der Waals surface area contributed by atoms with Crippen LogP contribution >= 0.6 is 11.8 Å². The summed E-state index contributed by atoms with van der Waals surface area (Å²) < 4.78 is 0. The van der Waals surface area contributed by atoms with E-state index in [0.717, 1.165) is 24.1 Å². The van der Waals surface area contributed by atoms with Crippen LogP contribution in [0.15, 0.2) is 24.3 Å². The topological polar surface area (TPSA) is 41.1 Å². The van der Waals surface area contributed by atoms with E-state index in [9.17, 15) is 4.79 Å². The molecule has 1 rings (SSSR count). The Kier molecular flexibility index (Phi) is 6.83. The first-order chi connectivity index (χ1) is 8.69. The van der Waals surface area contributed by atoms with Gasteiger partial charge in [-0.1, -0.05) is 25.1 Å². The highest BCUT2D eigenvalue weighted by atomic mass is 32.2. The Hall–Kier alpha value is -1.00. The largest absolute Gasteiger partial charge is 0.351 e. The Bertz CT molecular complexity index is 382. The van der Waals surface area contributed by atoms with Gasteiger partial charge in [0.2, 0.25) is 0 Å². The van der Waals surface area contributed by atoms with E-state index in [1.807, 2.05) is 31.3 Å². The van der Waals surface area contributed by atoms with E-state index in [4.69, 9.17) is 0 Å². The maximum absolute atomic E-state index is 12.1. The molecule has 1 aromatic rings. The first-order valence-electron chi connectivity index (χ1n) is 6.22. The lowest BCUT2D eigenvalue weighted by Crippen LogP contribution is -2.30. The van der Waals surface area contributed by atoms with Crippen LogP contribution in [-0.4, -0.2) is 37.6 Å². The van der Waals surface area contributed by atoms with Crippen molar-refractivity contribution in [3.63, 3.8) is 0 Å². The first-order valence-corrected chi connectivity index (χ1v) is 7.51. The van der Waals surface area contributed by atoms with E-state index >= 15 is 0 Å². The summed E-state index contributed by atoms with van der Waals surface area (Å²) in [5.41, 5.74) is 1.89. The Morgan fingerprint density at radius 3 is 2.78 bits per heavy atom. The van der Waals surface area contributed by atoms with Gasteiger partial charge >= 0.3 is 0 Å². The molecule has 18 heavy (non-hydrogen) atoms. The Morgan fingerprint density at radius 2 is 2.11 bits per heavy atom. The van der Waals surface area contributed by atoms with Gasteiger partial charge in [-0.15, -0.1) is 0 Å². The summed E-state index contributed by atoms with van der Waals surface area (Å²) >= 11 is 1.76. The molecule has 0 aromatic heterocycles. The third kappa shape index (κ3) is 4.70. The first kappa shape index (κ1) is 15.1. The minimum absolute atomic E-state index is 0.0302. The van der Waals surface area contributed by atoms with Crippen molar-refractivity contribution >= 4 is 17.7 Å². The average Bonchev–Trinajstić information content (AvgIpc) is 2.42. The van der Waals surface area contributed by atoms with Gasteiger partial charge in [0.05, 0.1) is 0 Å². The second-order valence-electron chi connectivity index (χ2n) is 4.27. The van der Waals surface area contributed by atoms with E-state index in [0.29, 0.717) is 11.8 Å². The summed E-state index contributed by atoms with van der Waals surface area (Å²) in [6.07, 6.45) is 2.93. The van der Waals surface area contributed by atoms with Gasteiger partial charge in [-0.25, -0.2) is 0 Å². The molecule has 0 aliphatic carbocycles. The molecule has 3 nitrogen and oxygen atoms in total. The summed E-state index contributed by atoms with van der Waals surface area (Å²) in [6.45, 7) is 3.70. The second-order valence-corrected chi connectivity index (χ2v) is 5.54. The summed E-state index contributed by atoms with van der Waals surface area (Å²) in [5, 5.41) is 6.54. The lowest BCUT2D eigenvalue weighted by atomic mass is 10.0. The molecule has 1 aromatic carbocycles. The number of carbonyl (C=O) groups is 1. The van der Waals surface area contributed by atoms with Gasteiger partial charge in [0.1, 0.15) is 0 Å². The van der Waals surface area contributed by atoms with E-state index in [1.54, 1.807) is 11.8 Å². The van der Waals surface area contributed by atoms with Crippen molar-refractivity contribution in [1.29, 1.82) is 0 Å². The van der Waals surface area contributed by atoms with Crippen molar-refractivity contribution in [2.75, 3.05) is 26.4 Å². The minimum Gasteiger partial charge on any atom is -0.351 e. The number of likely N-dealkylation sites (N-methyl/N-ethyl adjacent to an activating group) is 1. The number of hydrogen-bond donors (Lipinski definition) is 2. The lowest BCUT2D eigenvalue weighted by molar-refractivity contribution is 0.0953. The third-order valence-electron chi connectivity index (χ3n) is 2.86. The van der Waals surface area contributed by atoms with E-state index in [2.05, 4.69) is 23.8 Å². The van der Waals surface area contributed by atoms with E-state index in [-0.39, 0.29) is 5.91 Å². The third-order valence-corrected chi connectivity index (χ3v) is 3.83. The molecule has 0 spiro atoms. The predicted octanol–water partition coefficient (Wildman–Crippen LogP) is 1.93. The van der Waals surface area contributed by atoms with Crippen molar-refractivity contribution in [2.45, 2.75) is 18.6 Å². The van der Waals surface area contributed by atoms with Crippen molar-refractivity contribution < 1.29 is 4.79 Å². The zero-order valence-electron chi connectivity index (χ0n) is 11.3. The standard InChI is InChI=1S/C14H22N2OS/c1-11(18-3)10-16-14(17)13-7-5-4-6-12(13)8-9-15-2/h4-7,11,15H,8-10H2,1-3H3,(H,16,17). The molecule has 1 amide bonds. The highest BCUT2D eigenvalue weighted by molar-refractivity contribution is 7.99. The fourth-order valence-corrected chi connectivity index (χ4v) is 1.88. The molecule has 0 heterocycles. The van der Waals surface area contributed by atoms with Crippen molar-refractivity contribution in [3.8, 4) is 0 Å². The molecular weight excluding hydrogens is 244 g/mol. The fraction of sp³-hybridized carbons (Fsp3) is 0.500. The number of carbonyl (C=O) groups excluding carboxylic acids is 1. The minimum atomic E-state index is 0.0302. The molecule has 1 atom stereocenters. The van der Waals surface area contributed by atoms with Crippen LogP contribution < -0.4 is 10.6 Å². The summed E-state index contributed by atoms with van der Waals surface area (Å²) in [7, 11) is 1.92. The van der Waals surface area contributed by atoms with Crippen LogP contribution in [0.1, 0.15) is 22.8 Å². The molecule has 0 saturated heterocycles. The molecular formula is C14H22N2OS. The van der Waals surface area contributed by atoms with E-state index < -0.39 is 0 Å². The Labute approximate surface area is 114 Å². The fourth-order valence-electron chi connectivity index (χ4n) is 1.63. The molecule has 0 aliphatic heterocycles. The van der Waals surface area contributed by atoms with Gasteiger partial charge in [0.25, 0.3) is 5.91 Å². The number of thioether (sulfide) groups is 1. The van der Waals surface area contributed by atoms with Crippen LogP contribution in [0.2, 0.25) is 0 Å². The highest BCUT2D eigenvalue weighted by Crippen LogP contribution is 2.10. The quantitative estimate of drug-likeness (QED) is 0.792. The average molecular weight is 266 g/mol. The maximum atomic E-state index is 12.1. The Balaban J connectivity index is 2.66. The number of nitrogens with one attached hydrogen (secondary N) is 2. The van der Waals surface area contributed by atoms with E-state index in [1.165, 1.54) is 0 Å². The van der Waals surface area contributed by atoms with Crippen LogP contribution in [0.3, 0.4) is 0 Å².